The predicted octanol–water partition coefficient (Wildman–Crippen LogP) is 4.63. The van der Waals surface area contributed by atoms with Gasteiger partial charge in [0.1, 0.15) is 5.75 Å². The molecule has 3 rings (SSSR count). The highest BCUT2D eigenvalue weighted by Gasteiger charge is 2.16. The van der Waals surface area contributed by atoms with Gasteiger partial charge in [-0.2, -0.15) is 5.10 Å². The van der Waals surface area contributed by atoms with Gasteiger partial charge in [0.25, 0.3) is 5.91 Å². The Morgan fingerprint density at radius 3 is 2.59 bits per heavy atom. The molecule has 0 fully saturated rings. The van der Waals surface area contributed by atoms with Gasteiger partial charge in [0, 0.05) is 27.1 Å². The maximum Gasteiger partial charge on any atom is 0.273 e. The number of aromatic nitrogens is 1. The van der Waals surface area contributed by atoms with Crippen molar-refractivity contribution in [1.82, 2.24) is 9.99 Å². The van der Waals surface area contributed by atoms with Crippen LogP contribution < -0.4 is 10.2 Å². The van der Waals surface area contributed by atoms with E-state index in [2.05, 4.69) is 31.0 Å². The molecule has 1 aromatic heterocycles. The van der Waals surface area contributed by atoms with E-state index < -0.39 is 0 Å². The van der Waals surface area contributed by atoms with E-state index in [0.717, 1.165) is 27.1 Å². The van der Waals surface area contributed by atoms with Crippen molar-refractivity contribution in [3.8, 4) is 11.4 Å². The molecule has 0 aliphatic rings. The highest BCUT2D eigenvalue weighted by atomic mass is 79.9. The lowest BCUT2D eigenvalue weighted by molar-refractivity contribution is 0.0954. The number of hydrazone groups is 1. The van der Waals surface area contributed by atoms with Gasteiger partial charge in [-0.05, 0) is 50.2 Å². The van der Waals surface area contributed by atoms with Crippen LogP contribution in [0.3, 0.4) is 0 Å². The van der Waals surface area contributed by atoms with Crippen LogP contribution in [0.2, 0.25) is 0 Å². The number of nitrogens with zero attached hydrogens (tertiary/aromatic N) is 2. The van der Waals surface area contributed by atoms with E-state index in [9.17, 15) is 4.79 Å². The van der Waals surface area contributed by atoms with Gasteiger partial charge >= 0.3 is 0 Å². The molecule has 2 aromatic carbocycles. The van der Waals surface area contributed by atoms with Crippen LogP contribution in [0.1, 0.15) is 27.3 Å². The monoisotopic (exact) mass is 425 g/mol. The normalized spacial score (nSPS) is 11.0. The Hall–Kier alpha value is -2.86. The zero-order valence-electron chi connectivity index (χ0n) is 15.4. The number of benzene rings is 2. The number of aryl methyl sites for hydroxylation is 1. The number of hydrogen-bond donors (Lipinski definition) is 1. The predicted molar refractivity (Wildman–Crippen MR) is 111 cm³/mol. The topological polar surface area (TPSA) is 55.6 Å². The van der Waals surface area contributed by atoms with Gasteiger partial charge in [-0.15, -0.1) is 0 Å². The summed E-state index contributed by atoms with van der Waals surface area (Å²) in [6.07, 6.45) is 1.57. The molecular weight excluding hydrogens is 406 g/mol. The van der Waals surface area contributed by atoms with Gasteiger partial charge in [-0.1, -0.05) is 34.1 Å². The smallest absolute Gasteiger partial charge is 0.273 e. The summed E-state index contributed by atoms with van der Waals surface area (Å²) in [4.78, 5) is 12.6. The van der Waals surface area contributed by atoms with Crippen molar-refractivity contribution >= 4 is 28.1 Å². The van der Waals surface area contributed by atoms with Crippen LogP contribution in [-0.2, 0) is 0 Å². The van der Waals surface area contributed by atoms with Gasteiger partial charge in [0.15, 0.2) is 0 Å². The lowest BCUT2D eigenvalue weighted by Gasteiger charge is -2.09. The summed E-state index contributed by atoms with van der Waals surface area (Å²) < 4.78 is 8.26. The zero-order chi connectivity index (χ0) is 19.4. The molecule has 6 heteroatoms. The van der Waals surface area contributed by atoms with Crippen LogP contribution >= 0.6 is 15.9 Å². The molecule has 0 aliphatic carbocycles. The third kappa shape index (κ3) is 4.11. The lowest BCUT2D eigenvalue weighted by atomic mass is 10.2. The second-order valence-electron chi connectivity index (χ2n) is 6.04. The summed E-state index contributed by atoms with van der Waals surface area (Å²) in [5.41, 5.74) is 6.83. The molecule has 5 nitrogen and oxygen atoms in total. The molecule has 0 saturated heterocycles. The van der Waals surface area contributed by atoms with Crippen molar-refractivity contribution in [2.75, 3.05) is 7.11 Å². The molecule has 138 valence electrons. The summed E-state index contributed by atoms with van der Waals surface area (Å²) in [6, 6.07) is 17.4. The zero-order valence-corrected chi connectivity index (χ0v) is 16.9. The first kappa shape index (κ1) is 18.9. The van der Waals surface area contributed by atoms with E-state index in [1.165, 1.54) is 0 Å². The van der Waals surface area contributed by atoms with Crippen LogP contribution in [0.4, 0.5) is 0 Å². The minimum absolute atomic E-state index is 0.254. The van der Waals surface area contributed by atoms with E-state index in [1.807, 2.05) is 68.4 Å². The number of nitrogens with one attached hydrogen (secondary N) is 1. The molecular formula is C21H20BrN3O2. The molecule has 1 heterocycles. The van der Waals surface area contributed by atoms with Crippen molar-refractivity contribution in [1.29, 1.82) is 0 Å². The second kappa shape index (κ2) is 8.22. The maximum atomic E-state index is 12.6. The molecule has 0 spiro atoms. The molecule has 27 heavy (non-hydrogen) atoms. The average molecular weight is 426 g/mol. The number of ether oxygens (including phenoxy) is 1. The summed E-state index contributed by atoms with van der Waals surface area (Å²) in [7, 11) is 1.59. The third-order valence-corrected chi connectivity index (χ3v) is 4.74. The minimum Gasteiger partial charge on any atom is -0.496 e. The van der Waals surface area contributed by atoms with Gasteiger partial charge in [-0.3, -0.25) is 4.79 Å². The number of hydrogen-bond acceptors (Lipinski definition) is 3. The fraction of sp³-hybridized carbons (Fsp3) is 0.143. The highest BCUT2D eigenvalue weighted by Crippen LogP contribution is 2.22. The molecule has 1 N–H and O–H groups in total. The van der Waals surface area contributed by atoms with Crippen LogP contribution in [0.5, 0.6) is 5.75 Å². The van der Waals surface area contributed by atoms with Gasteiger partial charge < -0.3 is 9.30 Å². The van der Waals surface area contributed by atoms with E-state index in [4.69, 9.17) is 4.74 Å². The van der Waals surface area contributed by atoms with Gasteiger partial charge in [-0.25, -0.2) is 5.43 Å². The van der Waals surface area contributed by atoms with Crippen LogP contribution in [0, 0.1) is 13.8 Å². The summed E-state index contributed by atoms with van der Waals surface area (Å²) in [6.45, 7) is 3.91. The van der Waals surface area contributed by atoms with Crippen LogP contribution in [0.25, 0.3) is 5.69 Å². The second-order valence-corrected chi connectivity index (χ2v) is 6.96. The summed E-state index contributed by atoms with van der Waals surface area (Å²) in [5, 5.41) is 4.09. The molecule has 0 atom stereocenters. The molecule has 0 bridgehead atoms. The Morgan fingerprint density at radius 1 is 1.15 bits per heavy atom. The van der Waals surface area contributed by atoms with Crippen LogP contribution in [0.15, 0.2) is 64.2 Å². The number of carbonyl (C=O) groups is 1. The van der Waals surface area contributed by atoms with Crippen LogP contribution in [-0.4, -0.2) is 23.8 Å². The van der Waals surface area contributed by atoms with E-state index >= 15 is 0 Å². The fourth-order valence-electron chi connectivity index (χ4n) is 2.99. The van der Waals surface area contributed by atoms with Crippen molar-refractivity contribution in [3.05, 3.63) is 81.6 Å². The Labute approximate surface area is 166 Å². The van der Waals surface area contributed by atoms with Crippen molar-refractivity contribution in [3.63, 3.8) is 0 Å². The lowest BCUT2D eigenvalue weighted by Crippen LogP contribution is -2.18. The number of rotatable bonds is 5. The number of para-hydroxylation sites is 1. The Morgan fingerprint density at radius 2 is 1.89 bits per heavy atom. The van der Waals surface area contributed by atoms with Gasteiger partial charge in [0.2, 0.25) is 0 Å². The number of amides is 1. The van der Waals surface area contributed by atoms with Crippen molar-refractivity contribution in [2.45, 2.75) is 13.8 Å². The quantitative estimate of drug-likeness (QED) is 0.478. The Bertz CT molecular complexity index is 994. The number of methoxy groups -OCH3 is 1. The van der Waals surface area contributed by atoms with E-state index in [-0.39, 0.29) is 5.91 Å². The van der Waals surface area contributed by atoms with Crippen molar-refractivity contribution in [2.24, 2.45) is 5.10 Å². The molecule has 1 amide bonds. The maximum absolute atomic E-state index is 12.6. The molecule has 0 saturated carbocycles. The van der Waals surface area contributed by atoms with E-state index in [0.29, 0.717) is 11.3 Å². The fourth-order valence-corrected chi connectivity index (χ4v) is 3.37. The highest BCUT2D eigenvalue weighted by molar-refractivity contribution is 9.10. The largest absolute Gasteiger partial charge is 0.496 e. The Balaban J connectivity index is 1.81. The number of carbonyl (C=O) groups excluding carboxylic acids is 1. The van der Waals surface area contributed by atoms with Crippen molar-refractivity contribution < 1.29 is 9.53 Å². The van der Waals surface area contributed by atoms with Gasteiger partial charge in [0.05, 0.1) is 18.9 Å². The molecule has 0 radical (unpaired) electrons. The summed E-state index contributed by atoms with van der Waals surface area (Å²) in [5.74, 6) is 0.425. The first-order valence-corrected chi connectivity index (χ1v) is 9.22. The first-order chi connectivity index (χ1) is 13.0. The average Bonchev–Trinajstić information content (AvgIpc) is 2.97. The summed E-state index contributed by atoms with van der Waals surface area (Å²) >= 11 is 3.42. The molecule has 0 aliphatic heterocycles. The first-order valence-electron chi connectivity index (χ1n) is 8.42. The number of halogens is 1. The third-order valence-electron chi connectivity index (χ3n) is 4.25. The standard InChI is InChI=1S/C21H20BrN3O2/c1-14-11-19(15(2)25(14)18-7-5-4-6-8-18)21(26)24-23-13-16-12-17(22)9-10-20(16)27-3/h4-13H,1-3H3,(H,24,26)/b23-13-. The SMILES string of the molecule is COc1ccc(Br)cc1/C=N\NC(=O)c1cc(C)n(-c2ccccc2)c1C. The molecule has 0 unspecified atom stereocenters. The minimum atomic E-state index is -0.254. The molecule has 3 aromatic rings. The van der Waals surface area contributed by atoms with E-state index in [1.54, 1.807) is 13.3 Å². The Kier molecular flexibility index (Phi) is 5.76.